The Morgan fingerprint density at radius 3 is 2.76 bits per heavy atom. The van der Waals surface area contributed by atoms with Gasteiger partial charge in [0.25, 0.3) is 5.91 Å². The van der Waals surface area contributed by atoms with Gasteiger partial charge in [-0.25, -0.2) is 4.79 Å². The van der Waals surface area contributed by atoms with Crippen LogP contribution in [0.4, 0.5) is 0 Å². The van der Waals surface area contributed by atoms with E-state index in [4.69, 9.17) is 5.11 Å². The quantitative estimate of drug-likeness (QED) is 0.818. The van der Waals surface area contributed by atoms with Crippen LogP contribution in [-0.4, -0.2) is 23.5 Å². The lowest BCUT2D eigenvalue weighted by Crippen LogP contribution is -2.36. The van der Waals surface area contributed by atoms with Crippen LogP contribution in [-0.2, 0) is 4.79 Å². The van der Waals surface area contributed by atoms with Crippen molar-refractivity contribution in [1.29, 1.82) is 0 Å². The molecule has 0 aromatic carbocycles. The van der Waals surface area contributed by atoms with Gasteiger partial charge < -0.3 is 10.4 Å². The highest BCUT2D eigenvalue weighted by Crippen LogP contribution is 2.35. The van der Waals surface area contributed by atoms with E-state index in [1.807, 2.05) is 0 Å². The van der Waals surface area contributed by atoms with Gasteiger partial charge in [-0.3, -0.25) is 4.79 Å². The molecule has 0 saturated heterocycles. The van der Waals surface area contributed by atoms with Gasteiger partial charge in [-0.2, -0.15) is 0 Å². The highest BCUT2D eigenvalue weighted by atomic mass is 32.1. The van der Waals surface area contributed by atoms with E-state index in [0.29, 0.717) is 12.1 Å². The Hall–Kier alpha value is -1.62. The van der Waals surface area contributed by atoms with E-state index in [2.05, 4.69) is 12.2 Å². The largest absolute Gasteiger partial charge is 0.478 e. The predicted octanol–water partition coefficient (Wildman–Crippen LogP) is 3.55. The maximum Gasteiger partial charge on any atom is 0.328 e. The lowest BCUT2D eigenvalue weighted by Gasteiger charge is -2.33. The number of hydrogen-bond acceptors (Lipinski definition) is 3. The minimum absolute atomic E-state index is 0.0759. The molecule has 2 N–H and O–H groups in total. The normalized spacial score (nSPS) is 17.8. The van der Waals surface area contributed by atoms with Gasteiger partial charge in [-0.15, -0.1) is 11.3 Å². The first kappa shape index (κ1) is 15.8. The van der Waals surface area contributed by atoms with E-state index in [1.165, 1.54) is 49.5 Å². The van der Waals surface area contributed by atoms with Crippen LogP contribution in [0, 0.1) is 5.41 Å². The molecule has 1 saturated carbocycles. The predicted molar refractivity (Wildman–Crippen MR) is 84.5 cm³/mol. The van der Waals surface area contributed by atoms with E-state index < -0.39 is 5.97 Å². The van der Waals surface area contributed by atoms with Crippen molar-refractivity contribution in [2.24, 2.45) is 5.41 Å². The molecule has 0 atom stereocenters. The second kappa shape index (κ2) is 6.89. The Kier molecular flexibility index (Phi) is 5.17. The number of carboxylic acids is 1. The molecule has 0 spiro atoms. The van der Waals surface area contributed by atoms with E-state index >= 15 is 0 Å². The van der Waals surface area contributed by atoms with Crippen LogP contribution >= 0.6 is 11.3 Å². The van der Waals surface area contributed by atoms with Crippen molar-refractivity contribution in [3.05, 3.63) is 28.0 Å². The van der Waals surface area contributed by atoms with Gasteiger partial charge in [0.15, 0.2) is 0 Å². The fourth-order valence-electron chi connectivity index (χ4n) is 2.69. The average molecular weight is 307 g/mol. The van der Waals surface area contributed by atoms with Crippen molar-refractivity contribution in [1.82, 2.24) is 5.32 Å². The van der Waals surface area contributed by atoms with E-state index in [1.54, 1.807) is 11.4 Å². The Bertz CT molecular complexity index is 541. The molecule has 1 fully saturated rings. The fourth-order valence-corrected chi connectivity index (χ4v) is 3.47. The molecule has 114 valence electrons. The first-order valence-electron chi connectivity index (χ1n) is 7.26. The minimum atomic E-state index is -0.986. The first-order chi connectivity index (χ1) is 9.98. The second-order valence-corrected chi connectivity index (χ2v) is 6.91. The molecule has 1 amide bonds. The third-order valence-corrected chi connectivity index (χ3v) is 4.91. The van der Waals surface area contributed by atoms with Crippen LogP contribution in [0.2, 0.25) is 0 Å². The maximum atomic E-state index is 12.1. The molecule has 1 heterocycles. The molecule has 0 aliphatic heterocycles. The van der Waals surface area contributed by atoms with Crippen molar-refractivity contribution in [2.75, 3.05) is 6.54 Å². The van der Waals surface area contributed by atoms with Gasteiger partial charge >= 0.3 is 5.97 Å². The summed E-state index contributed by atoms with van der Waals surface area (Å²) in [6.07, 6.45) is 8.72. The van der Waals surface area contributed by atoms with Gasteiger partial charge in [-0.1, -0.05) is 26.2 Å². The van der Waals surface area contributed by atoms with Crippen molar-refractivity contribution < 1.29 is 14.7 Å². The molecule has 0 radical (unpaired) electrons. The molecule has 0 unspecified atom stereocenters. The van der Waals surface area contributed by atoms with Crippen LogP contribution in [0.25, 0.3) is 6.08 Å². The zero-order valence-corrected chi connectivity index (χ0v) is 13.0. The van der Waals surface area contributed by atoms with Gasteiger partial charge in [0.1, 0.15) is 0 Å². The molecule has 1 aromatic rings. The summed E-state index contributed by atoms with van der Waals surface area (Å²) in [6.45, 7) is 2.95. The van der Waals surface area contributed by atoms with Crippen LogP contribution in [0.1, 0.15) is 54.3 Å². The summed E-state index contributed by atoms with van der Waals surface area (Å²) >= 11 is 1.37. The van der Waals surface area contributed by atoms with Gasteiger partial charge in [0, 0.05) is 22.9 Å². The zero-order valence-electron chi connectivity index (χ0n) is 12.2. The zero-order chi connectivity index (χ0) is 15.3. The molecule has 1 aromatic heterocycles. The summed E-state index contributed by atoms with van der Waals surface area (Å²) in [5.74, 6) is -1.06. The molecule has 2 rings (SSSR count). The van der Waals surface area contributed by atoms with Gasteiger partial charge in [0.2, 0.25) is 0 Å². The Morgan fingerprint density at radius 1 is 1.38 bits per heavy atom. The van der Waals surface area contributed by atoms with Crippen LogP contribution < -0.4 is 5.32 Å². The Morgan fingerprint density at radius 2 is 2.10 bits per heavy atom. The minimum Gasteiger partial charge on any atom is -0.478 e. The van der Waals surface area contributed by atoms with Crippen LogP contribution in [0.5, 0.6) is 0 Å². The second-order valence-electron chi connectivity index (χ2n) is 5.96. The third-order valence-electron chi connectivity index (χ3n) is 4.01. The summed E-state index contributed by atoms with van der Waals surface area (Å²) in [5, 5.41) is 13.4. The SMILES string of the molecule is CC1(CNC(=O)c2csc(/C=C/C(=O)O)c2)CCCCC1. The lowest BCUT2D eigenvalue weighted by atomic mass is 9.76. The van der Waals surface area contributed by atoms with Gasteiger partial charge in [0.05, 0.1) is 5.56 Å². The number of amides is 1. The summed E-state index contributed by atoms with van der Waals surface area (Å²) in [5.41, 5.74) is 0.820. The molecule has 1 aliphatic rings. The summed E-state index contributed by atoms with van der Waals surface area (Å²) in [7, 11) is 0. The van der Waals surface area contributed by atoms with Crippen molar-refractivity contribution >= 4 is 29.3 Å². The Labute approximate surface area is 128 Å². The standard InChI is InChI=1S/C16H21NO3S/c1-16(7-3-2-4-8-16)11-17-15(20)12-9-13(21-10-12)5-6-14(18)19/h5-6,9-10H,2-4,7-8,11H2,1H3,(H,17,20)(H,18,19)/b6-5+. The van der Waals surface area contributed by atoms with Crippen molar-refractivity contribution in [3.8, 4) is 0 Å². The van der Waals surface area contributed by atoms with E-state index in [9.17, 15) is 9.59 Å². The molecular weight excluding hydrogens is 286 g/mol. The highest BCUT2D eigenvalue weighted by molar-refractivity contribution is 7.11. The lowest BCUT2D eigenvalue weighted by molar-refractivity contribution is -0.131. The molecule has 21 heavy (non-hydrogen) atoms. The molecule has 4 nitrogen and oxygen atoms in total. The van der Waals surface area contributed by atoms with Crippen LogP contribution in [0.15, 0.2) is 17.5 Å². The summed E-state index contributed by atoms with van der Waals surface area (Å²) < 4.78 is 0. The number of rotatable bonds is 5. The number of aliphatic carboxylic acids is 1. The smallest absolute Gasteiger partial charge is 0.328 e. The van der Waals surface area contributed by atoms with E-state index in [-0.39, 0.29) is 11.3 Å². The molecule has 0 bridgehead atoms. The van der Waals surface area contributed by atoms with Gasteiger partial charge in [-0.05, 0) is 30.4 Å². The average Bonchev–Trinajstić information content (AvgIpc) is 2.92. The monoisotopic (exact) mass is 307 g/mol. The van der Waals surface area contributed by atoms with Crippen LogP contribution in [0.3, 0.4) is 0 Å². The molecule has 1 aliphatic carbocycles. The summed E-state index contributed by atoms with van der Waals surface area (Å²) in [6, 6.07) is 1.72. The molecular formula is C16H21NO3S. The maximum absolute atomic E-state index is 12.1. The fraction of sp³-hybridized carbons (Fsp3) is 0.500. The summed E-state index contributed by atoms with van der Waals surface area (Å²) in [4.78, 5) is 23.4. The van der Waals surface area contributed by atoms with E-state index in [0.717, 1.165) is 11.0 Å². The Balaban J connectivity index is 1.90. The third kappa shape index (κ3) is 4.70. The van der Waals surface area contributed by atoms with Crippen molar-refractivity contribution in [3.63, 3.8) is 0 Å². The topological polar surface area (TPSA) is 66.4 Å². The number of nitrogens with one attached hydrogen (secondary N) is 1. The number of carbonyl (C=O) groups excluding carboxylic acids is 1. The molecule has 5 heteroatoms. The number of thiophene rings is 1. The highest BCUT2D eigenvalue weighted by Gasteiger charge is 2.27. The number of carboxylic acid groups (broad SMARTS) is 1. The number of hydrogen-bond donors (Lipinski definition) is 2. The first-order valence-corrected chi connectivity index (χ1v) is 8.14. The van der Waals surface area contributed by atoms with Crippen molar-refractivity contribution in [2.45, 2.75) is 39.0 Å². The number of carbonyl (C=O) groups is 2.